The van der Waals surface area contributed by atoms with E-state index in [-0.39, 0.29) is 52.6 Å². The second kappa shape index (κ2) is 6.20. The van der Waals surface area contributed by atoms with E-state index in [1.807, 2.05) is 12.2 Å². The number of hydrogen-bond acceptors (Lipinski definition) is 6. The highest BCUT2D eigenvalue weighted by molar-refractivity contribution is 6.06. The molecule has 5 rings (SSSR count). The Morgan fingerprint density at radius 2 is 1.83 bits per heavy atom. The van der Waals surface area contributed by atoms with Crippen LogP contribution in [0.2, 0.25) is 0 Å². The molecule has 2 heterocycles. The molecule has 146 valence electrons. The summed E-state index contributed by atoms with van der Waals surface area (Å²) in [6, 6.07) is 6.15. The van der Waals surface area contributed by atoms with Crippen LogP contribution in [0.25, 0.3) is 11.3 Å². The summed E-state index contributed by atoms with van der Waals surface area (Å²) < 4.78 is 18.9. The first kappa shape index (κ1) is 17.5. The maximum absolute atomic E-state index is 13.3. The number of rotatable bonds is 4. The topological polar surface area (TPSA) is 106 Å². The van der Waals surface area contributed by atoms with Crippen LogP contribution < -0.4 is 0 Å². The van der Waals surface area contributed by atoms with E-state index in [0.717, 1.165) is 23.6 Å². The molecule has 0 radical (unpaired) electrons. The fourth-order valence-corrected chi connectivity index (χ4v) is 4.55. The van der Waals surface area contributed by atoms with Gasteiger partial charge < -0.3 is 4.42 Å². The molecular weight excluding hydrogens is 381 g/mol. The van der Waals surface area contributed by atoms with Crippen LogP contribution in [0.3, 0.4) is 0 Å². The number of amides is 2. The van der Waals surface area contributed by atoms with Gasteiger partial charge >= 0.3 is 0 Å². The molecule has 0 unspecified atom stereocenters. The maximum atomic E-state index is 13.3. The van der Waals surface area contributed by atoms with Crippen molar-refractivity contribution in [2.75, 3.05) is 0 Å². The van der Waals surface area contributed by atoms with Gasteiger partial charge in [0.1, 0.15) is 17.3 Å². The molecule has 9 heteroatoms. The van der Waals surface area contributed by atoms with E-state index in [2.05, 4.69) is 5.10 Å². The van der Waals surface area contributed by atoms with E-state index in [4.69, 9.17) is 4.42 Å². The molecule has 1 saturated heterocycles. The Hall–Kier alpha value is -3.62. The molecule has 2 amide bonds. The molecule has 1 aliphatic heterocycles. The van der Waals surface area contributed by atoms with Gasteiger partial charge in [0.25, 0.3) is 17.5 Å². The number of nitro groups is 1. The largest absolute Gasteiger partial charge is 0.455 e. The van der Waals surface area contributed by atoms with Gasteiger partial charge in [0, 0.05) is 0 Å². The van der Waals surface area contributed by atoms with E-state index in [1.165, 1.54) is 24.4 Å². The van der Waals surface area contributed by atoms with Crippen molar-refractivity contribution >= 4 is 23.7 Å². The number of hydrogen-bond donors (Lipinski definition) is 0. The number of carbonyl (C=O) groups excluding carboxylic acids is 2. The lowest BCUT2D eigenvalue weighted by Crippen LogP contribution is -2.28. The first-order chi connectivity index (χ1) is 13.9. The van der Waals surface area contributed by atoms with Crippen LogP contribution in [0.5, 0.6) is 0 Å². The minimum absolute atomic E-state index is 0.0934. The van der Waals surface area contributed by atoms with Gasteiger partial charge in [-0.1, -0.05) is 12.2 Å². The highest BCUT2D eigenvalue weighted by Gasteiger charge is 2.59. The van der Waals surface area contributed by atoms with Gasteiger partial charge in [-0.25, -0.2) is 4.39 Å². The predicted octanol–water partition coefficient (Wildman–Crippen LogP) is 3.13. The highest BCUT2D eigenvalue weighted by atomic mass is 19.1. The number of halogens is 1. The van der Waals surface area contributed by atoms with E-state index >= 15 is 0 Å². The number of benzene rings is 1. The summed E-state index contributed by atoms with van der Waals surface area (Å²) in [5.41, 5.74) is -0.315. The zero-order valence-electron chi connectivity index (χ0n) is 14.9. The lowest BCUT2D eigenvalue weighted by molar-refractivity contribution is -0.384. The average molecular weight is 395 g/mol. The number of nitrogens with zero attached hydrogens (tertiary/aromatic N) is 3. The molecule has 29 heavy (non-hydrogen) atoms. The molecule has 1 aromatic heterocycles. The Kier molecular flexibility index (Phi) is 3.73. The number of carbonyl (C=O) groups is 2. The van der Waals surface area contributed by atoms with Crippen molar-refractivity contribution in [2.45, 2.75) is 6.42 Å². The van der Waals surface area contributed by atoms with Gasteiger partial charge in [0.15, 0.2) is 0 Å². The third kappa shape index (κ3) is 2.61. The van der Waals surface area contributed by atoms with Crippen molar-refractivity contribution in [1.82, 2.24) is 5.01 Å². The molecule has 0 N–H and O–H groups in total. The summed E-state index contributed by atoms with van der Waals surface area (Å²) in [5.74, 6) is -1.50. The van der Waals surface area contributed by atoms with Gasteiger partial charge in [-0.3, -0.25) is 19.7 Å². The van der Waals surface area contributed by atoms with Gasteiger partial charge in [-0.15, -0.1) is 0 Å². The number of furan rings is 1. The van der Waals surface area contributed by atoms with Gasteiger partial charge in [0.2, 0.25) is 0 Å². The summed E-state index contributed by atoms with van der Waals surface area (Å²) in [5, 5.41) is 16.1. The summed E-state index contributed by atoms with van der Waals surface area (Å²) in [6.45, 7) is 0. The lowest BCUT2D eigenvalue weighted by Gasteiger charge is -2.13. The second-order valence-electron chi connectivity index (χ2n) is 7.35. The Morgan fingerprint density at radius 3 is 2.48 bits per heavy atom. The first-order valence-electron chi connectivity index (χ1n) is 9.08. The third-order valence-corrected chi connectivity index (χ3v) is 5.80. The predicted molar refractivity (Wildman–Crippen MR) is 97.9 cm³/mol. The summed E-state index contributed by atoms with van der Waals surface area (Å²) in [4.78, 5) is 35.7. The van der Waals surface area contributed by atoms with Crippen molar-refractivity contribution < 1.29 is 23.3 Å². The fourth-order valence-electron chi connectivity index (χ4n) is 4.55. The smallest absolute Gasteiger partial charge is 0.283 e. The zero-order valence-corrected chi connectivity index (χ0v) is 14.9. The standard InChI is InChI=1S/C20H14FN3O5/c21-12-3-5-14(15(8-12)24(27)28)16-6-4-13(29-16)9-22-23-19(25)17-10-1-2-11(7-10)18(17)20(23)26/h1-6,8-11,17-18H,7H2/b22-9-/t10-,11+,17+,18-. The average Bonchev–Trinajstić information content (AvgIpc) is 3.46. The normalized spacial score (nSPS) is 27.4. The number of imide groups is 1. The van der Waals surface area contributed by atoms with Crippen molar-refractivity contribution in [1.29, 1.82) is 0 Å². The molecule has 4 atom stereocenters. The minimum atomic E-state index is -0.728. The first-order valence-corrected chi connectivity index (χ1v) is 9.08. The second-order valence-corrected chi connectivity index (χ2v) is 7.35. The number of allylic oxidation sites excluding steroid dienone is 2. The Bertz CT molecular complexity index is 1090. The SMILES string of the molecule is O=C1[C@@H]2[C@H](C(=O)N1/N=C\c1ccc(-c3ccc(F)cc3[N+](=O)[O-])o1)[C@H]1C=C[C@@H]2C1. The van der Waals surface area contributed by atoms with E-state index in [1.54, 1.807) is 0 Å². The highest BCUT2D eigenvalue weighted by Crippen LogP contribution is 2.52. The fraction of sp³-hybridized carbons (Fsp3) is 0.250. The van der Waals surface area contributed by atoms with Crippen molar-refractivity contribution in [3.8, 4) is 11.3 Å². The molecule has 2 aromatic rings. The molecule has 1 saturated carbocycles. The maximum Gasteiger partial charge on any atom is 0.283 e. The van der Waals surface area contributed by atoms with Crippen LogP contribution in [0.1, 0.15) is 12.2 Å². The van der Waals surface area contributed by atoms with Crippen LogP contribution in [-0.4, -0.2) is 28.0 Å². The molecule has 2 fully saturated rings. The van der Waals surface area contributed by atoms with Crippen molar-refractivity contribution in [3.63, 3.8) is 0 Å². The van der Waals surface area contributed by atoms with E-state index in [0.29, 0.717) is 0 Å². The third-order valence-electron chi connectivity index (χ3n) is 5.80. The molecule has 1 aromatic carbocycles. The minimum Gasteiger partial charge on any atom is -0.455 e. The summed E-state index contributed by atoms with van der Waals surface area (Å²) >= 11 is 0. The number of hydrazone groups is 1. The monoisotopic (exact) mass is 395 g/mol. The van der Waals surface area contributed by atoms with Crippen LogP contribution in [0.15, 0.2) is 52.0 Å². The number of nitro benzene ring substituents is 1. The van der Waals surface area contributed by atoms with E-state index in [9.17, 15) is 24.1 Å². The zero-order chi connectivity index (χ0) is 20.3. The van der Waals surface area contributed by atoms with E-state index < -0.39 is 16.4 Å². The van der Waals surface area contributed by atoms with Gasteiger partial charge in [0.05, 0.1) is 34.6 Å². The Morgan fingerprint density at radius 1 is 1.14 bits per heavy atom. The van der Waals surface area contributed by atoms with Crippen molar-refractivity contribution in [3.05, 3.63) is 64.2 Å². The Balaban J connectivity index is 1.39. The molecular formula is C20H14FN3O5. The van der Waals surface area contributed by atoms with Crippen LogP contribution >= 0.6 is 0 Å². The van der Waals surface area contributed by atoms with Gasteiger partial charge in [-0.05, 0) is 42.5 Å². The van der Waals surface area contributed by atoms with Crippen LogP contribution in [0, 0.1) is 39.6 Å². The molecule has 0 spiro atoms. The quantitative estimate of drug-likeness (QED) is 0.260. The molecule has 2 aliphatic carbocycles. The molecule has 2 bridgehead atoms. The van der Waals surface area contributed by atoms with Gasteiger partial charge in [-0.2, -0.15) is 10.1 Å². The van der Waals surface area contributed by atoms with Crippen molar-refractivity contribution in [2.24, 2.45) is 28.8 Å². The summed E-state index contributed by atoms with van der Waals surface area (Å²) in [6.07, 6.45) is 6.06. The molecule has 3 aliphatic rings. The lowest BCUT2D eigenvalue weighted by atomic mass is 9.85. The number of fused-ring (bicyclic) bond motifs is 5. The Labute approximate surface area is 163 Å². The van der Waals surface area contributed by atoms with Crippen LogP contribution in [-0.2, 0) is 9.59 Å². The van der Waals surface area contributed by atoms with Crippen LogP contribution in [0.4, 0.5) is 10.1 Å². The molecule has 8 nitrogen and oxygen atoms in total. The summed E-state index contributed by atoms with van der Waals surface area (Å²) in [7, 11) is 0.